The molecule has 1 atom stereocenters. The number of ether oxygens (including phenoxy) is 2. The number of aromatic amines is 1. The van der Waals surface area contributed by atoms with E-state index >= 15 is 0 Å². The van der Waals surface area contributed by atoms with Gasteiger partial charge in [-0.05, 0) is 42.2 Å². The van der Waals surface area contributed by atoms with Crippen LogP contribution in [0.1, 0.15) is 23.2 Å². The molecule has 0 bridgehead atoms. The number of hydrogen-bond acceptors (Lipinski definition) is 3. The normalized spacial score (nSPS) is 16.0. The van der Waals surface area contributed by atoms with E-state index < -0.39 is 0 Å². The minimum absolute atomic E-state index is 0.0341. The van der Waals surface area contributed by atoms with Crippen LogP contribution in [0.3, 0.4) is 0 Å². The van der Waals surface area contributed by atoms with Crippen LogP contribution in [0.4, 0.5) is 0 Å². The fourth-order valence-electron chi connectivity index (χ4n) is 3.96. The van der Waals surface area contributed by atoms with Crippen LogP contribution >= 0.6 is 0 Å². The lowest BCUT2D eigenvalue weighted by Gasteiger charge is -2.23. The molecule has 1 aliphatic rings. The summed E-state index contributed by atoms with van der Waals surface area (Å²) in [6.45, 7) is 0. The number of amides is 1. The van der Waals surface area contributed by atoms with Gasteiger partial charge in [-0.25, -0.2) is 0 Å². The summed E-state index contributed by atoms with van der Waals surface area (Å²) in [5, 5.41) is 4.50. The van der Waals surface area contributed by atoms with Crippen LogP contribution in [0.2, 0.25) is 0 Å². The van der Waals surface area contributed by atoms with Crippen molar-refractivity contribution in [3.05, 3.63) is 59.3 Å². The van der Waals surface area contributed by atoms with Crippen LogP contribution in [0.25, 0.3) is 10.9 Å². The van der Waals surface area contributed by atoms with E-state index in [1.807, 2.05) is 24.3 Å². The van der Waals surface area contributed by atoms with Gasteiger partial charge in [0.25, 0.3) is 0 Å². The molecule has 1 heterocycles. The molecule has 5 nitrogen and oxygen atoms in total. The molecule has 2 N–H and O–H groups in total. The maximum Gasteiger partial charge on any atom is 0.224 e. The summed E-state index contributed by atoms with van der Waals surface area (Å²) in [7, 11) is 3.20. The summed E-state index contributed by atoms with van der Waals surface area (Å²) in [5.41, 5.74) is 4.74. The Labute approximate surface area is 158 Å². The van der Waals surface area contributed by atoms with Crippen molar-refractivity contribution in [2.45, 2.75) is 31.7 Å². The second-order valence-electron chi connectivity index (χ2n) is 7.00. The lowest BCUT2D eigenvalue weighted by Crippen LogP contribution is -2.39. The number of carbonyl (C=O) groups excluding carboxylic acids is 1. The van der Waals surface area contributed by atoms with Gasteiger partial charge in [-0.1, -0.05) is 24.3 Å². The number of rotatable bonds is 5. The van der Waals surface area contributed by atoms with Crippen LogP contribution in [0.5, 0.6) is 11.5 Å². The second-order valence-corrected chi connectivity index (χ2v) is 7.00. The summed E-state index contributed by atoms with van der Waals surface area (Å²) in [6, 6.07) is 14.2. The van der Waals surface area contributed by atoms with Gasteiger partial charge in [0.15, 0.2) is 11.5 Å². The molecule has 0 radical (unpaired) electrons. The van der Waals surface area contributed by atoms with E-state index in [0.717, 1.165) is 24.8 Å². The Balaban J connectivity index is 1.42. The molecule has 1 amide bonds. The molecular weight excluding hydrogens is 340 g/mol. The number of hydrogen-bond donors (Lipinski definition) is 2. The van der Waals surface area contributed by atoms with E-state index in [9.17, 15) is 4.79 Å². The average molecular weight is 364 g/mol. The average Bonchev–Trinajstić information content (AvgIpc) is 3.05. The Morgan fingerprint density at radius 3 is 2.78 bits per heavy atom. The monoisotopic (exact) mass is 364 g/mol. The highest BCUT2D eigenvalue weighted by Gasteiger charge is 2.23. The topological polar surface area (TPSA) is 63.3 Å². The lowest BCUT2D eigenvalue weighted by atomic mass is 9.91. The third-order valence-electron chi connectivity index (χ3n) is 5.27. The predicted molar refractivity (Wildman–Crippen MR) is 106 cm³/mol. The molecule has 4 rings (SSSR count). The van der Waals surface area contributed by atoms with Crippen LogP contribution < -0.4 is 14.8 Å². The molecule has 2 aromatic carbocycles. The number of aromatic nitrogens is 1. The Morgan fingerprint density at radius 1 is 1.15 bits per heavy atom. The molecular formula is C22H24N2O3. The lowest BCUT2D eigenvalue weighted by molar-refractivity contribution is -0.121. The number of fused-ring (bicyclic) bond motifs is 3. The summed E-state index contributed by atoms with van der Waals surface area (Å²) >= 11 is 0. The number of nitrogens with one attached hydrogen (secondary N) is 2. The van der Waals surface area contributed by atoms with Gasteiger partial charge in [0.1, 0.15) is 0 Å². The van der Waals surface area contributed by atoms with Crippen molar-refractivity contribution < 1.29 is 14.3 Å². The van der Waals surface area contributed by atoms with Crippen LogP contribution in [0, 0.1) is 0 Å². The molecule has 0 saturated heterocycles. The zero-order valence-electron chi connectivity index (χ0n) is 15.7. The van der Waals surface area contributed by atoms with Gasteiger partial charge in [-0.2, -0.15) is 0 Å². The highest BCUT2D eigenvalue weighted by atomic mass is 16.5. The zero-order chi connectivity index (χ0) is 18.8. The maximum atomic E-state index is 12.5. The minimum atomic E-state index is 0.0341. The third-order valence-corrected chi connectivity index (χ3v) is 5.27. The fourth-order valence-corrected chi connectivity index (χ4v) is 3.96. The van der Waals surface area contributed by atoms with Gasteiger partial charge in [-0.15, -0.1) is 0 Å². The molecule has 0 fully saturated rings. The first-order valence-electron chi connectivity index (χ1n) is 9.26. The van der Waals surface area contributed by atoms with Crippen LogP contribution in [-0.2, 0) is 24.1 Å². The first-order valence-corrected chi connectivity index (χ1v) is 9.26. The second kappa shape index (κ2) is 7.35. The highest BCUT2D eigenvalue weighted by molar-refractivity contribution is 5.85. The first-order chi connectivity index (χ1) is 13.2. The third kappa shape index (κ3) is 3.50. The number of H-pyrrole nitrogens is 1. The van der Waals surface area contributed by atoms with E-state index in [1.54, 1.807) is 14.2 Å². The molecule has 5 heteroatoms. The van der Waals surface area contributed by atoms with E-state index in [-0.39, 0.29) is 11.9 Å². The van der Waals surface area contributed by atoms with Crippen molar-refractivity contribution in [1.29, 1.82) is 0 Å². The standard InChI is InChI=1S/C22H24N2O3/c1-26-20-10-7-14(11-21(20)27-2)12-22(25)23-15-8-9-17-16-5-3-4-6-18(16)24-19(17)13-15/h3-7,10-11,15,24H,8-9,12-13H2,1-2H3,(H,23,25). The molecule has 1 aromatic heterocycles. The quantitative estimate of drug-likeness (QED) is 0.729. The number of aryl methyl sites for hydroxylation is 1. The zero-order valence-corrected chi connectivity index (χ0v) is 15.7. The van der Waals surface area contributed by atoms with Gasteiger partial charge >= 0.3 is 0 Å². The van der Waals surface area contributed by atoms with E-state index in [1.165, 1.54) is 22.2 Å². The smallest absolute Gasteiger partial charge is 0.224 e. The predicted octanol–water partition coefficient (Wildman–Crippen LogP) is 3.40. The van der Waals surface area contributed by atoms with Gasteiger partial charge in [0.05, 0.1) is 20.6 Å². The largest absolute Gasteiger partial charge is 0.493 e. The summed E-state index contributed by atoms with van der Waals surface area (Å²) < 4.78 is 10.6. The maximum absolute atomic E-state index is 12.5. The first kappa shape index (κ1) is 17.5. The number of para-hydroxylation sites is 1. The SMILES string of the molecule is COc1ccc(CC(=O)NC2CCc3c([nH]c4ccccc34)C2)cc1OC. The van der Waals surface area contributed by atoms with E-state index in [0.29, 0.717) is 17.9 Å². The molecule has 0 spiro atoms. The van der Waals surface area contributed by atoms with Crippen molar-refractivity contribution in [3.8, 4) is 11.5 Å². The van der Waals surface area contributed by atoms with E-state index in [2.05, 4.69) is 28.5 Å². The van der Waals surface area contributed by atoms with E-state index in [4.69, 9.17) is 9.47 Å². The minimum Gasteiger partial charge on any atom is -0.493 e. The van der Waals surface area contributed by atoms with Crippen LogP contribution in [-0.4, -0.2) is 31.2 Å². The number of methoxy groups -OCH3 is 2. The van der Waals surface area contributed by atoms with Crippen molar-refractivity contribution in [3.63, 3.8) is 0 Å². The molecule has 27 heavy (non-hydrogen) atoms. The summed E-state index contributed by atoms with van der Waals surface area (Å²) in [4.78, 5) is 16.0. The molecule has 0 saturated carbocycles. The van der Waals surface area contributed by atoms with Gasteiger partial charge in [-0.3, -0.25) is 4.79 Å². The summed E-state index contributed by atoms with van der Waals surface area (Å²) in [6.07, 6.45) is 3.13. The number of carbonyl (C=O) groups is 1. The molecule has 3 aromatic rings. The number of benzene rings is 2. The van der Waals surface area contributed by atoms with Crippen molar-refractivity contribution >= 4 is 16.8 Å². The Morgan fingerprint density at radius 2 is 1.96 bits per heavy atom. The Kier molecular flexibility index (Phi) is 4.75. The Bertz CT molecular complexity index is 977. The van der Waals surface area contributed by atoms with Gasteiger partial charge in [0.2, 0.25) is 5.91 Å². The summed E-state index contributed by atoms with van der Waals surface area (Å²) in [5.74, 6) is 1.34. The Hall–Kier alpha value is -2.95. The van der Waals surface area contributed by atoms with Crippen LogP contribution in [0.15, 0.2) is 42.5 Å². The fraction of sp³-hybridized carbons (Fsp3) is 0.318. The molecule has 140 valence electrons. The molecule has 1 aliphatic carbocycles. The van der Waals surface area contributed by atoms with Crippen molar-refractivity contribution in [1.82, 2.24) is 10.3 Å². The van der Waals surface area contributed by atoms with Crippen molar-refractivity contribution in [2.75, 3.05) is 14.2 Å². The van der Waals surface area contributed by atoms with Crippen molar-refractivity contribution in [2.24, 2.45) is 0 Å². The molecule has 1 unspecified atom stereocenters. The van der Waals surface area contributed by atoms with Gasteiger partial charge < -0.3 is 19.8 Å². The van der Waals surface area contributed by atoms with Gasteiger partial charge in [0, 0.05) is 29.1 Å². The highest BCUT2D eigenvalue weighted by Crippen LogP contribution is 2.30. The molecule has 0 aliphatic heterocycles.